The summed E-state index contributed by atoms with van der Waals surface area (Å²) in [5, 5.41) is 3.78. The Bertz CT molecular complexity index is 664. The summed E-state index contributed by atoms with van der Waals surface area (Å²) in [5.74, 6) is 0.937. The second-order valence-corrected chi connectivity index (χ2v) is 5.64. The Kier molecular flexibility index (Phi) is 2.10. The van der Waals surface area contributed by atoms with Crippen molar-refractivity contribution in [2.24, 2.45) is 0 Å². The third-order valence-electron chi connectivity index (χ3n) is 4.62. The topological polar surface area (TPSA) is 21.3 Å². The van der Waals surface area contributed by atoms with Crippen molar-refractivity contribution in [1.82, 2.24) is 5.32 Å². The van der Waals surface area contributed by atoms with Crippen LogP contribution >= 0.6 is 0 Å². The highest BCUT2D eigenvalue weighted by Crippen LogP contribution is 2.49. The van der Waals surface area contributed by atoms with Crippen molar-refractivity contribution < 1.29 is 4.74 Å². The largest absolute Gasteiger partial charge is 0.497 e. The van der Waals surface area contributed by atoms with E-state index in [1.54, 1.807) is 7.11 Å². The first kappa shape index (κ1) is 11.1. The zero-order valence-electron chi connectivity index (χ0n) is 11.2. The van der Waals surface area contributed by atoms with Gasteiger partial charge in [0.25, 0.3) is 0 Å². The molecule has 0 aliphatic carbocycles. The molecule has 2 aliphatic heterocycles. The number of hydrogen-bond donors (Lipinski definition) is 1. The Balaban J connectivity index is 1.99. The van der Waals surface area contributed by atoms with Gasteiger partial charge in [-0.2, -0.15) is 0 Å². The molecule has 0 amide bonds. The van der Waals surface area contributed by atoms with Crippen LogP contribution < -0.4 is 10.1 Å². The molecule has 2 aliphatic rings. The third-order valence-corrected chi connectivity index (χ3v) is 4.62. The fourth-order valence-electron chi connectivity index (χ4n) is 3.69. The highest BCUT2D eigenvalue weighted by molar-refractivity contribution is 5.56. The Morgan fingerprint density at radius 3 is 2.84 bits per heavy atom. The highest BCUT2D eigenvalue weighted by Gasteiger charge is 2.45. The van der Waals surface area contributed by atoms with Crippen LogP contribution in [-0.4, -0.2) is 7.11 Å². The molecule has 2 aromatic rings. The second kappa shape index (κ2) is 3.61. The van der Waals surface area contributed by atoms with Gasteiger partial charge in [-0.1, -0.05) is 30.3 Å². The summed E-state index contributed by atoms with van der Waals surface area (Å²) in [4.78, 5) is 0. The first-order valence-corrected chi connectivity index (χ1v) is 6.77. The van der Waals surface area contributed by atoms with Gasteiger partial charge >= 0.3 is 0 Å². The Morgan fingerprint density at radius 2 is 2.00 bits per heavy atom. The Labute approximate surface area is 113 Å². The standard InChI is InChI=1S/C17H17NO/c1-17-14-6-4-3-5-11(14)9-16(18-17)13-8-7-12(19-2)10-15(13)17/h3-8,10,16,18H,9H2,1-2H3/t16-,17+/m0/s1. The smallest absolute Gasteiger partial charge is 0.119 e. The summed E-state index contributed by atoms with van der Waals surface area (Å²) in [6.07, 6.45) is 1.07. The van der Waals surface area contributed by atoms with E-state index in [9.17, 15) is 0 Å². The quantitative estimate of drug-likeness (QED) is 0.840. The third kappa shape index (κ3) is 1.35. The number of fused-ring (bicyclic) bond motifs is 7. The summed E-state index contributed by atoms with van der Waals surface area (Å²) in [7, 11) is 1.73. The van der Waals surface area contributed by atoms with E-state index in [0.717, 1.165) is 12.2 Å². The molecular formula is C17H17NO. The first-order chi connectivity index (χ1) is 9.22. The minimum Gasteiger partial charge on any atom is -0.497 e. The molecule has 0 saturated heterocycles. The molecule has 0 aromatic heterocycles. The molecule has 4 rings (SSSR count). The first-order valence-electron chi connectivity index (χ1n) is 6.77. The summed E-state index contributed by atoms with van der Waals surface area (Å²) >= 11 is 0. The average molecular weight is 251 g/mol. The second-order valence-electron chi connectivity index (χ2n) is 5.64. The molecule has 2 nitrogen and oxygen atoms in total. The van der Waals surface area contributed by atoms with E-state index in [-0.39, 0.29) is 5.54 Å². The monoisotopic (exact) mass is 251 g/mol. The predicted molar refractivity (Wildman–Crippen MR) is 75.5 cm³/mol. The fourth-order valence-corrected chi connectivity index (χ4v) is 3.69. The average Bonchev–Trinajstić information content (AvgIpc) is 2.68. The van der Waals surface area contributed by atoms with Crippen LogP contribution in [0.5, 0.6) is 5.75 Å². The molecule has 19 heavy (non-hydrogen) atoms. The maximum absolute atomic E-state index is 5.39. The molecule has 2 heteroatoms. The van der Waals surface area contributed by atoms with Gasteiger partial charge in [0.1, 0.15) is 5.75 Å². The SMILES string of the molecule is COc1ccc2c(c1)[C@]1(C)N[C@H]2Cc2ccccc21. The molecule has 2 atom stereocenters. The molecular weight excluding hydrogens is 234 g/mol. The van der Waals surface area contributed by atoms with Gasteiger partial charge < -0.3 is 4.74 Å². The van der Waals surface area contributed by atoms with Crippen molar-refractivity contribution >= 4 is 0 Å². The normalized spacial score (nSPS) is 26.7. The molecule has 2 heterocycles. The summed E-state index contributed by atoms with van der Waals surface area (Å²) in [6.45, 7) is 2.28. The lowest BCUT2D eigenvalue weighted by molar-refractivity contribution is 0.386. The molecule has 0 radical (unpaired) electrons. The molecule has 0 fully saturated rings. The Hall–Kier alpha value is -1.80. The lowest BCUT2D eigenvalue weighted by Gasteiger charge is -2.34. The lowest BCUT2D eigenvalue weighted by atomic mass is 9.82. The van der Waals surface area contributed by atoms with Crippen LogP contribution in [0.1, 0.15) is 35.2 Å². The number of nitrogens with one attached hydrogen (secondary N) is 1. The van der Waals surface area contributed by atoms with Crippen molar-refractivity contribution in [1.29, 1.82) is 0 Å². The van der Waals surface area contributed by atoms with Gasteiger partial charge in [0.2, 0.25) is 0 Å². The fraction of sp³-hybridized carbons (Fsp3) is 0.294. The highest BCUT2D eigenvalue weighted by atomic mass is 16.5. The van der Waals surface area contributed by atoms with Crippen LogP contribution in [0, 0.1) is 0 Å². The zero-order chi connectivity index (χ0) is 13.0. The van der Waals surface area contributed by atoms with Gasteiger partial charge in [0, 0.05) is 6.04 Å². The lowest BCUT2D eigenvalue weighted by Crippen LogP contribution is -2.41. The van der Waals surface area contributed by atoms with E-state index < -0.39 is 0 Å². The van der Waals surface area contributed by atoms with E-state index in [2.05, 4.69) is 54.7 Å². The van der Waals surface area contributed by atoms with Crippen molar-refractivity contribution in [2.75, 3.05) is 7.11 Å². The van der Waals surface area contributed by atoms with Crippen LogP contribution in [0.15, 0.2) is 42.5 Å². The zero-order valence-corrected chi connectivity index (χ0v) is 11.2. The molecule has 96 valence electrons. The van der Waals surface area contributed by atoms with Gasteiger partial charge in [0.05, 0.1) is 12.6 Å². The van der Waals surface area contributed by atoms with Crippen molar-refractivity contribution in [3.63, 3.8) is 0 Å². The molecule has 0 spiro atoms. The number of ether oxygens (including phenoxy) is 1. The van der Waals surface area contributed by atoms with Gasteiger partial charge in [-0.25, -0.2) is 0 Å². The Morgan fingerprint density at radius 1 is 1.16 bits per heavy atom. The number of rotatable bonds is 1. The summed E-state index contributed by atoms with van der Waals surface area (Å²) < 4.78 is 5.39. The van der Waals surface area contributed by atoms with E-state index in [4.69, 9.17) is 4.74 Å². The predicted octanol–water partition coefficient (Wildman–Crippen LogP) is 3.16. The van der Waals surface area contributed by atoms with Crippen molar-refractivity contribution in [3.8, 4) is 5.75 Å². The van der Waals surface area contributed by atoms with Gasteiger partial charge in [-0.05, 0) is 47.7 Å². The molecule has 1 N–H and O–H groups in total. The molecule has 2 bridgehead atoms. The number of benzene rings is 2. The van der Waals surface area contributed by atoms with E-state index in [1.807, 2.05) is 0 Å². The van der Waals surface area contributed by atoms with Crippen LogP contribution in [0.4, 0.5) is 0 Å². The maximum atomic E-state index is 5.39. The minimum absolute atomic E-state index is 0.0800. The van der Waals surface area contributed by atoms with Crippen LogP contribution in [-0.2, 0) is 12.0 Å². The maximum Gasteiger partial charge on any atom is 0.119 e. The number of hydrogen-bond acceptors (Lipinski definition) is 2. The molecule has 0 unspecified atom stereocenters. The molecule has 2 aromatic carbocycles. The summed E-state index contributed by atoms with van der Waals surface area (Å²) in [5.41, 5.74) is 5.56. The molecule has 0 saturated carbocycles. The summed E-state index contributed by atoms with van der Waals surface area (Å²) in [6, 6.07) is 15.7. The van der Waals surface area contributed by atoms with Gasteiger partial charge in [0.15, 0.2) is 0 Å². The van der Waals surface area contributed by atoms with Crippen LogP contribution in [0.25, 0.3) is 0 Å². The van der Waals surface area contributed by atoms with Crippen LogP contribution in [0.3, 0.4) is 0 Å². The van der Waals surface area contributed by atoms with Crippen molar-refractivity contribution in [2.45, 2.75) is 24.9 Å². The van der Waals surface area contributed by atoms with E-state index in [0.29, 0.717) is 6.04 Å². The minimum atomic E-state index is -0.0800. The van der Waals surface area contributed by atoms with Gasteiger partial charge in [-0.15, -0.1) is 0 Å². The van der Waals surface area contributed by atoms with E-state index >= 15 is 0 Å². The van der Waals surface area contributed by atoms with Crippen molar-refractivity contribution in [3.05, 3.63) is 64.7 Å². The van der Waals surface area contributed by atoms with Gasteiger partial charge in [-0.3, -0.25) is 5.32 Å². The number of methoxy groups -OCH3 is 1. The van der Waals surface area contributed by atoms with E-state index in [1.165, 1.54) is 22.3 Å². The van der Waals surface area contributed by atoms with Crippen LogP contribution in [0.2, 0.25) is 0 Å².